The molecule has 0 saturated heterocycles. The van der Waals surface area contributed by atoms with Gasteiger partial charge in [0.2, 0.25) is 0 Å². The Hall–Kier alpha value is -2.95. The maximum Gasteiger partial charge on any atom is 0.125 e. The summed E-state index contributed by atoms with van der Waals surface area (Å²) in [6, 6.07) is 8.17. The molecule has 0 unspecified atom stereocenters. The molecule has 0 spiro atoms. The summed E-state index contributed by atoms with van der Waals surface area (Å²) >= 11 is 0. The van der Waals surface area contributed by atoms with Crippen molar-refractivity contribution in [2.75, 3.05) is 26.9 Å². The molecule has 0 radical (unpaired) electrons. The number of nitrogens with zero attached hydrogens (tertiary/aromatic N) is 1. The Morgan fingerprint density at radius 3 is 1.91 bits per heavy atom. The molecule has 0 aromatic heterocycles. The van der Waals surface area contributed by atoms with Crippen molar-refractivity contribution in [3.8, 4) is 17.2 Å². The fourth-order valence-electron chi connectivity index (χ4n) is 3.53. The molecule has 0 saturated carbocycles. The first-order valence-electron chi connectivity index (χ1n) is 11.2. The first-order valence-corrected chi connectivity index (χ1v) is 11.2. The number of benzene rings is 2. The summed E-state index contributed by atoms with van der Waals surface area (Å²) in [5, 5.41) is 3.86. The maximum absolute atomic E-state index is 6.06. The van der Waals surface area contributed by atoms with Gasteiger partial charge in [-0.25, -0.2) is 0 Å². The molecule has 0 amide bonds. The van der Waals surface area contributed by atoms with Crippen LogP contribution in [0.3, 0.4) is 0 Å². The van der Waals surface area contributed by atoms with E-state index in [1.807, 2.05) is 43.3 Å². The number of aryl methyl sites for hydroxylation is 4. The molecule has 0 N–H and O–H groups in total. The first-order chi connectivity index (χ1) is 15.5. The van der Waals surface area contributed by atoms with Crippen LogP contribution < -0.4 is 14.2 Å². The van der Waals surface area contributed by atoms with E-state index in [-0.39, 0.29) is 0 Å². The highest BCUT2D eigenvalue weighted by Crippen LogP contribution is 2.29. The SMILES string of the molecule is C/C=C/COc1cc(C)c(OCCCCCOc2cc(C)c(/C=N/OC)c(C)c2)c(C)c1. The van der Waals surface area contributed by atoms with Crippen LogP contribution in [0.2, 0.25) is 0 Å². The lowest BCUT2D eigenvalue weighted by molar-refractivity contribution is 0.215. The monoisotopic (exact) mass is 439 g/mol. The van der Waals surface area contributed by atoms with E-state index in [0.29, 0.717) is 19.8 Å². The van der Waals surface area contributed by atoms with Gasteiger partial charge in [-0.3, -0.25) is 0 Å². The number of hydrogen-bond donors (Lipinski definition) is 0. The van der Waals surface area contributed by atoms with Crippen molar-refractivity contribution >= 4 is 6.21 Å². The number of rotatable bonds is 13. The largest absolute Gasteiger partial charge is 0.494 e. The van der Waals surface area contributed by atoms with E-state index in [1.54, 1.807) is 13.3 Å². The highest BCUT2D eigenvalue weighted by Gasteiger charge is 2.08. The van der Waals surface area contributed by atoms with Gasteiger partial charge in [-0.2, -0.15) is 0 Å². The van der Waals surface area contributed by atoms with E-state index in [4.69, 9.17) is 19.0 Å². The van der Waals surface area contributed by atoms with Gasteiger partial charge in [0, 0.05) is 5.56 Å². The van der Waals surface area contributed by atoms with Crippen LogP contribution in [-0.4, -0.2) is 33.1 Å². The van der Waals surface area contributed by atoms with Crippen LogP contribution in [0.25, 0.3) is 0 Å². The summed E-state index contributed by atoms with van der Waals surface area (Å²) in [4.78, 5) is 4.78. The fraction of sp³-hybridized carbons (Fsp3) is 0.444. The van der Waals surface area contributed by atoms with Crippen LogP contribution >= 0.6 is 0 Å². The van der Waals surface area contributed by atoms with E-state index in [0.717, 1.165) is 64.3 Å². The molecular formula is C27H37NO4. The molecule has 32 heavy (non-hydrogen) atoms. The topological polar surface area (TPSA) is 49.3 Å². The van der Waals surface area contributed by atoms with E-state index >= 15 is 0 Å². The van der Waals surface area contributed by atoms with Crippen molar-refractivity contribution in [1.82, 2.24) is 0 Å². The lowest BCUT2D eigenvalue weighted by Crippen LogP contribution is -2.04. The van der Waals surface area contributed by atoms with Crippen molar-refractivity contribution in [1.29, 1.82) is 0 Å². The van der Waals surface area contributed by atoms with Crippen LogP contribution in [0.15, 0.2) is 41.6 Å². The molecule has 174 valence electrons. The molecule has 0 bridgehead atoms. The number of oxime groups is 1. The normalized spacial score (nSPS) is 11.3. The van der Waals surface area contributed by atoms with E-state index in [1.165, 1.54) is 0 Å². The minimum atomic E-state index is 0.586. The molecule has 0 aliphatic carbocycles. The highest BCUT2D eigenvalue weighted by molar-refractivity contribution is 5.83. The van der Waals surface area contributed by atoms with Crippen molar-refractivity contribution in [2.45, 2.75) is 53.9 Å². The van der Waals surface area contributed by atoms with E-state index in [9.17, 15) is 0 Å². The van der Waals surface area contributed by atoms with Gasteiger partial charge in [0.15, 0.2) is 0 Å². The second kappa shape index (κ2) is 13.5. The molecule has 0 fully saturated rings. The van der Waals surface area contributed by atoms with Crippen molar-refractivity contribution in [2.24, 2.45) is 5.16 Å². The Balaban J connectivity index is 1.72. The Bertz CT molecular complexity index is 872. The third kappa shape index (κ3) is 7.95. The van der Waals surface area contributed by atoms with Gasteiger partial charge >= 0.3 is 0 Å². The van der Waals surface area contributed by atoms with Crippen LogP contribution in [-0.2, 0) is 4.84 Å². The van der Waals surface area contributed by atoms with Crippen molar-refractivity contribution < 1.29 is 19.0 Å². The Morgan fingerprint density at radius 1 is 0.750 bits per heavy atom. The molecule has 5 nitrogen and oxygen atoms in total. The standard InChI is InChI=1S/C27H37NO4/c1-7-8-12-30-25-17-22(4)27(23(5)18-25)32-14-11-9-10-13-31-24-15-20(2)26(19-28-29-6)21(3)16-24/h7-8,15-19H,9-14H2,1-6H3/b8-7+,28-19+. The third-order valence-corrected chi connectivity index (χ3v) is 5.17. The van der Waals surface area contributed by atoms with Crippen molar-refractivity contribution in [3.63, 3.8) is 0 Å². The molecule has 0 atom stereocenters. The van der Waals surface area contributed by atoms with Gasteiger partial charge in [-0.05, 0) is 100 Å². The minimum Gasteiger partial charge on any atom is -0.494 e. The Morgan fingerprint density at radius 2 is 1.31 bits per heavy atom. The summed E-state index contributed by atoms with van der Waals surface area (Å²) < 4.78 is 17.7. The third-order valence-electron chi connectivity index (χ3n) is 5.17. The number of ether oxygens (including phenoxy) is 3. The lowest BCUT2D eigenvalue weighted by Gasteiger charge is -2.14. The van der Waals surface area contributed by atoms with Crippen LogP contribution in [0, 0.1) is 27.7 Å². The van der Waals surface area contributed by atoms with Gasteiger partial charge in [-0.15, -0.1) is 0 Å². The quantitative estimate of drug-likeness (QED) is 0.155. The van der Waals surface area contributed by atoms with Gasteiger partial charge in [-0.1, -0.05) is 17.3 Å². The molecule has 0 heterocycles. The van der Waals surface area contributed by atoms with E-state index in [2.05, 4.69) is 32.9 Å². The predicted octanol–water partition coefficient (Wildman–Crippen LogP) is 6.48. The van der Waals surface area contributed by atoms with Crippen LogP contribution in [0.5, 0.6) is 17.2 Å². The molecule has 2 aromatic rings. The average Bonchev–Trinajstić information content (AvgIpc) is 2.74. The predicted molar refractivity (Wildman–Crippen MR) is 132 cm³/mol. The van der Waals surface area contributed by atoms with Crippen molar-refractivity contribution in [3.05, 3.63) is 64.2 Å². The maximum atomic E-state index is 6.06. The second-order valence-electron chi connectivity index (χ2n) is 7.91. The summed E-state index contributed by atoms with van der Waals surface area (Å²) in [6.07, 6.45) is 8.76. The highest BCUT2D eigenvalue weighted by atomic mass is 16.6. The minimum absolute atomic E-state index is 0.586. The molecule has 2 rings (SSSR count). The first kappa shape index (κ1) is 25.3. The second-order valence-corrected chi connectivity index (χ2v) is 7.91. The molecule has 5 heteroatoms. The number of unbranched alkanes of at least 4 members (excludes halogenated alkanes) is 2. The molecule has 0 aliphatic rings. The average molecular weight is 440 g/mol. The molecular weight excluding hydrogens is 402 g/mol. The zero-order valence-electron chi connectivity index (χ0n) is 20.4. The van der Waals surface area contributed by atoms with Gasteiger partial charge in [0.25, 0.3) is 0 Å². The zero-order valence-corrected chi connectivity index (χ0v) is 20.4. The molecule has 0 aliphatic heterocycles. The van der Waals surface area contributed by atoms with Crippen LogP contribution in [0.4, 0.5) is 0 Å². The van der Waals surface area contributed by atoms with Gasteiger partial charge < -0.3 is 19.0 Å². The number of hydrogen-bond acceptors (Lipinski definition) is 5. The van der Waals surface area contributed by atoms with E-state index < -0.39 is 0 Å². The summed E-state index contributed by atoms with van der Waals surface area (Å²) in [5.74, 6) is 2.74. The smallest absolute Gasteiger partial charge is 0.125 e. The Kier molecular flexibility index (Phi) is 10.6. The van der Waals surface area contributed by atoms with Crippen LogP contribution in [0.1, 0.15) is 54.0 Å². The molecule has 2 aromatic carbocycles. The summed E-state index contributed by atoms with van der Waals surface area (Å²) in [7, 11) is 1.55. The summed E-state index contributed by atoms with van der Waals surface area (Å²) in [5.41, 5.74) is 5.53. The zero-order chi connectivity index (χ0) is 23.3. The number of allylic oxidation sites excluding steroid dienone is 1. The fourth-order valence-corrected chi connectivity index (χ4v) is 3.53. The van der Waals surface area contributed by atoms with Gasteiger partial charge in [0.1, 0.15) is 31.0 Å². The summed E-state index contributed by atoms with van der Waals surface area (Å²) in [6.45, 7) is 12.2. The Labute approximate surface area is 193 Å². The van der Waals surface area contributed by atoms with Gasteiger partial charge in [0.05, 0.1) is 19.4 Å². The lowest BCUT2D eigenvalue weighted by atomic mass is 10.0.